The highest BCUT2D eigenvalue weighted by Gasteiger charge is 2.35. The summed E-state index contributed by atoms with van der Waals surface area (Å²) in [4.78, 5) is 31.1. The second-order valence-electron chi connectivity index (χ2n) is 8.67. The zero-order valence-electron chi connectivity index (χ0n) is 19.4. The molecule has 4 rings (SSSR count). The summed E-state index contributed by atoms with van der Waals surface area (Å²) in [6.07, 6.45) is 3.95. The first-order chi connectivity index (χ1) is 16.1. The Kier molecular flexibility index (Phi) is 7.75. The molecule has 2 heterocycles. The number of fused-ring (bicyclic) bond motifs is 1. The molecule has 3 amide bonds. The molecule has 1 fully saturated rings. The van der Waals surface area contributed by atoms with Crippen LogP contribution in [0.2, 0.25) is 0 Å². The van der Waals surface area contributed by atoms with Crippen molar-refractivity contribution >= 4 is 23.3 Å². The molecule has 1 aliphatic heterocycles. The Hall–Kier alpha value is -2.74. The maximum absolute atomic E-state index is 13.5. The lowest BCUT2D eigenvalue weighted by Crippen LogP contribution is -2.50. The van der Waals surface area contributed by atoms with Gasteiger partial charge < -0.3 is 24.6 Å². The molecule has 33 heavy (non-hydrogen) atoms. The average molecular weight is 472 g/mol. The van der Waals surface area contributed by atoms with Crippen LogP contribution in [-0.4, -0.2) is 61.6 Å². The van der Waals surface area contributed by atoms with Crippen LogP contribution in [0.1, 0.15) is 42.7 Å². The van der Waals surface area contributed by atoms with E-state index in [2.05, 4.69) is 16.8 Å². The average Bonchev–Trinajstić information content (AvgIpc) is 3.52. The zero-order valence-corrected chi connectivity index (χ0v) is 20.2. The van der Waals surface area contributed by atoms with Crippen molar-refractivity contribution < 1.29 is 19.1 Å². The number of carbonyl (C=O) groups is 2. The molecule has 1 aliphatic carbocycles. The van der Waals surface area contributed by atoms with Gasteiger partial charge in [-0.3, -0.25) is 4.79 Å². The van der Waals surface area contributed by atoms with Gasteiger partial charge in [0.25, 0.3) is 0 Å². The van der Waals surface area contributed by atoms with Crippen molar-refractivity contribution in [1.29, 1.82) is 0 Å². The Morgan fingerprint density at radius 1 is 1.21 bits per heavy atom. The molecule has 2 aliphatic rings. The number of methoxy groups -OCH3 is 1. The van der Waals surface area contributed by atoms with Crippen LogP contribution in [0.3, 0.4) is 0 Å². The summed E-state index contributed by atoms with van der Waals surface area (Å²) in [5.41, 5.74) is 1.14. The Morgan fingerprint density at radius 2 is 2.00 bits per heavy atom. The van der Waals surface area contributed by atoms with Gasteiger partial charge in [-0.25, -0.2) is 4.79 Å². The molecule has 7 nitrogen and oxygen atoms in total. The Balaban J connectivity index is 1.48. The van der Waals surface area contributed by atoms with Gasteiger partial charge in [0.15, 0.2) is 11.5 Å². The van der Waals surface area contributed by atoms with Crippen molar-refractivity contribution in [3.63, 3.8) is 0 Å². The van der Waals surface area contributed by atoms with Gasteiger partial charge in [-0.1, -0.05) is 19.1 Å². The zero-order chi connectivity index (χ0) is 23.2. The molecule has 1 aromatic carbocycles. The first kappa shape index (κ1) is 23.4. The number of hydrogen-bond donors (Lipinski definition) is 1. The number of thiophene rings is 1. The number of nitrogens with one attached hydrogen (secondary N) is 1. The van der Waals surface area contributed by atoms with Gasteiger partial charge in [0.1, 0.15) is 13.2 Å². The predicted molar refractivity (Wildman–Crippen MR) is 129 cm³/mol. The van der Waals surface area contributed by atoms with Gasteiger partial charge in [-0.05, 0) is 60.7 Å². The number of amides is 3. The standard InChI is InChI=1S/C25H33N3O4S/c1-3-12-26-25(30)27(15-18-8-9-18)16-24(29)28-13-10-23-19(11-14-33-23)20(28)17-32-22-7-5-4-6-21(22)31-2/h4-7,11,14,18,20H,3,8-10,12-13,15-17H2,1-2H3,(H,26,30)/t20-/m0/s1. The van der Waals surface area contributed by atoms with Crippen LogP contribution in [0.5, 0.6) is 11.5 Å². The number of ether oxygens (including phenoxy) is 2. The lowest BCUT2D eigenvalue weighted by atomic mass is 10.0. The highest BCUT2D eigenvalue weighted by atomic mass is 32.1. The van der Waals surface area contributed by atoms with Crippen LogP contribution < -0.4 is 14.8 Å². The molecule has 178 valence electrons. The summed E-state index contributed by atoms with van der Waals surface area (Å²) < 4.78 is 11.6. The van der Waals surface area contributed by atoms with E-state index in [1.165, 1.54) is 4.88 Å². The van der Waals surface area contributed by atoms with Crippen LogP contribution in [0.15, 0.2) is 35.7 Å². The monoisotopic (exact) mass is 471 g/mol. The van der Waals surface area contributed by atoms with Crippen molar-refractivity contribution in [2.75, 3.05) is 39.9 Å². The molecule has 0 saturated heterocycles. The maximum Gasteiger partial charge on any atom is 0.317 e. The summed E-state index contributed by atoms with van der Waals surface area (Å²) in [7, 11) is 1.62. The van der Waals surface area contributed by atoms with Crippen molar-refractivity contribution in [1.82, 2.24) is 15.1 Å². The number of benzene rings is 1. The summed E-state index contributed by atoms with van der Waals surface area (Å²) in [5.74, 6) is 1.80. The number of para-hydroxylation sites is 2. The van der Waals surface area contributed by atoms with Gasteiger partial charge in [-0.2, -0.15) is 0 Å². The third-order valence-corrected chi connectivity index (χ3v) is 7.19. The van der Waals surface area contributed by atoms with Crippen LogP contribution in [0.25, 0.3) is 0 Å². The molecule has 0 unspecified atom stereocenters. The fourth-order valence-corrected chi connectivity index (χ4v) is 5.14. The fourth-order valence-electron chi connectivity index (χ4n) is 4.21. The summed E-state index contributed by atoms with van der Waals surface area (Å²) in [6, 6.07) is 9.29. The molecule has 1 N–H and O–H groups in total. The third kappa shape index (κ3) is 5.79. The van der Waals surface area contributed by atoms with Crippen LogP contribution >= 0.6 is 11.3 Å². The van der Waals surface area contributed by atoms with Crippen molar-refractivity contribution in [2.24, 2.45) is 5.92 Å². The highest BCUT2D eigenvalue weighted by Crippen LogP contribution is 2.35. The molecule has 1 atom stereocenters. The molecular weight excluding hydrogens is 438 g/mol. The van der Waals surface area contributed by atoms with Gasteiger partial charge in [0, 0.05) is 24.5 Å². The minimum absolute atomic E-state index is 0.0345. The SMILES string of the molecule is CCCNC(=O)N(CC(=O)N1CCc2sccc2[C@@H]1COc1ccccc1OC)CC1CC1. The lowest BCUT2D eigenvalue weighted by Gasteiger charge is -2.37. The van der Waals surface area contributed by atoms with E-state index in [0.29, 0.717) is 43.7 Å². The Labute approximate surface area is 199 Å². The molecule has 0 spiro atoms. The van der Waals surface area contributed by atoms with E-state index in [9.17, 15) is 9.59 Å². The minimum atomic E-state index is -0.195. The molecule has 0 radical (unpaired) electrons. The topological polar surface area (TPSA) is 71.1 Å². The van der Waals surface area contributed by atoms with Crippen molar-refractivity contribution in [3.05, 3.63) is 46.2 Å². The normalized spacial score (nSPS) is 17.3. The van der Waals surface area contributed by atoms with Crippen LogP contribution in [0, 0.1) is 5.92 Å². The largest absolute Gasteiger partial charge is 0.493 e. The van der Waals surface area contributed by atoms with E-state index in [1.807, 2.05) is 36.1 Å². The molecule has 2 aromatic rings. The van der Waals surface area contributed by atoms with Crippen LogP contribution in [-0.2, 0) is 11.2 Å². The van der Waals surface area contributed by atoms with Crippen molar-refractivity contribution in [3.8, 4) is 11.5 Å². The molecule has 8 heteroatoms. The predicted octanol–water partition coefficient (Wildman–Crippen LogP) is 4.09. The Morgan fingerprint density at radius 3 is 2.73 bits per heavy atom. The van der Waals surface area contributed by atoms with E-state index in [1.54, 1.807) is 23.3 Å². The van der Waals surface area contributed by atoms with E-state index >= 15 is 0 Å². The molecule has 0 bridgehead atoms. The third-order valence-electron chi connectivity index (χ3n) is 6.20. The number of rotatable bonds is 10. The summed E-state index contributed by atoms with van der Waals surface area (Å²) in [6.45, 7) is 4.33. The summed E-state index contributed by atoms with van der Waals surface area (Å²) >= 11 is 1.72. The van der Waals surface area contributed by atoms with E-state index < -0.39 is 0 Å². The van der Waals surface area contributed by atoms with Gasteiger partial charge in [0.2, 0.25) is 5.91 Å². The molecule has 1 aromatic heterocycles. The Bertz CT molecular complexity index is 959. The van der Waals surface area contributed by atoms with E-state index in [-0.39, 0.29) is 24.5 Å². The molecule has 1 saturated carbocycles. The maximum atomic E-state index is 13.5. The lowest BCUT2D eigenvalue weighted by molar-refractivity contribution is -0.135. The number of nitrogens with zero attached hydrogens (tertiary/aromatic N) is 2. The first-order valence-corrected chi connectivity index (χ1v) is 12.6. The van der Waals surface area contributed by atoms with Crippen LogP contribution in [0.4, 0.5) is 4.79 Å². The quantitative estimate of drug-likeness (QED) is 0.567. The van der Waals surface area contributed by atoms with Gasteiger partial charge in [0.05, 0.1) is 13.2 Å². The fraction of sp³-hybridized carbons (Fsp3) is 0.520. The first-order valence-electron chi connectivity index (χ1n) is 11.7. The smallest absolute Gasteiger partial charge is 0.317 e. The second kappa shape index (κ2) is 10.9. The van der Waals surface area contributed by atoms with E-state index in [4.69, 9.17) is 9.47 Å². The van der Waals surface area contributed by atoms with Gasteiger partial charge in [-0.15, -0.1) is 11.3 Å². The number of hydrogen-bond acceptors (Lipinski definition) is 5. The van der Waals surface area contributed by atoms with E-state index in [0.717, 1.165) is 31.2 Å². The summed E-state index contributed by atoms with van der Waals surface area (Å²) in [5, 5.41) is 5.01. The molecular formula is C25H33N3O4S. The highest BCUT2D eigenvalue weighted by molar-refractivity contribution is 7.10. The second-order valence-corrected chi connectivity index (χ2v) is 9.67. The van der Waals surface area contributed by atoms with Gasteiger partial charge >= 0.3 is 6.03 Å². The number of carbonyl (C=O) groups excluding carboxylic acids is 2. The minimum Gasteiger partial charge on any atom is -0.493 e. The van der Waals surface area contributed by atoms with Crippen molar-refractivity contribution in [2.45, 2.75) is 38.6 Å². The number of urea groups is 1.